The molecule has 1 aromatic carbocycles. The summed E-state index contributed by atoms with van der Waals surface area (Å²) in [5.74, 6) is 1.31. The minimum atomic E-state index is 0.0602. The molecule has 120 valence electrons. The van der Waals surface area contributed by atoms with Crippen LogP contribution in [-0.4, -0.2) is 35.4 Å². The zero-order valence-electron chi connectivity index (χ0n) is 13.0. The van der Waals surface area contributed by atoms with E-state index < -0.39 is 0 Å². The topological polar surface area (TPSA) is 59.2 Å². The van der Waals surface area contributed by atoms with Crippen molar-refractivity contribution < 1.29 is 4.79 Å². The van der Waals surface area contributed by atoms with E-state index in [1.807, 2.05) is 16.3 Å². The third-order valence-electron chi connectivity index (χ3n) is 4.93. The highest BCUT2D eigenvalue weighted by Gasteiger charge is 2.36. The Bertz CT molecular complexity index is 695. The Hall–Kier alpha value is -1.72. The monoisotopic (exact) mass is 327 g/mol. The van der Waals surface area contributed by atoms with Crippen LogP contribution in [0.5, 0.6) is 0 Å². The second-order valence-electron chi connectivity index (χ2n) is 6.57. The number of carbonyl (C=O) groups excluding carboxylic acids is 1. The first-order valence-electron chi connectivity index (χ1n) is 8.26. The van der Waals surface area contributed by atoms with Gasteiger partial charge in [-0.15, -0.1) is 11.3 Å². The van der Waals surface area contributed by atoms with Crippen molar-refractivity contribution in [2.45, 2.75) is 24.7 Å². The number of nitrogens with two attached hydrogens (primary N) is 1. The Morgan fingerprint density at radius 2 is 2.04 bits per heavy atom. The molecule has 1 aromatic heterocycles. The number of aromatic nitrogens is 1. The third-order valence-corrected chi connectivity index (χ3v) is 5.93. The predicted molar refractivity (Wildman–Crippen MR) is 91.7 cm³/mol. The van der Waals surface area contributed by atoms with E-state index in [2.05, 4.69) is 29.2 Å². The van der Waals surface area contributed by atoms with E-state index in [1.54, 1.807) is 11.3 Å². The van der Waals surface area contributed by atoms with E-state index in [0.717, 1.165) is 18.1 Å². The number of nitrogens with zero attached hydrogens (tertiary/aromatic N) is 2. The molecule has 2 heterocycles. The van der Waals surface area contributed by atoms with E-state index in [0.29, 0.717) is 30.0 Å². The van der Waals surface area contributed by atoms with Crippen LogP contribution in [0.3, 0.4) is 0 Å². The number of benzene rings is 1. The molecule has 2 fully saturated rings. The van der Waals surface area contributed by atoms with Crippen LogP contribution in [0.25, 0.3) is 0 Å². The number of likely N-dealkylation sites (tertiary alicyclic amines) is 1. The molecule has 5 heteroatoms. The fourth-order valence-electron chi connectivity index (χ4n) is 3.42. The van der Waals surface area contributed by atoms with Crippen molar-refractivity contribution in [1.82, 2.24) is 9.88 Å². The van der Waals surface area contributed by atoms with Crippen LogP contribution in [-0.2, 0) is 0 Å². The lowest BCUT2D eigenvalue weighted by Gasteiger charge is -2.16. The molecule has 2 N–H and O–H groups in total. The van der Waals surface area contributed by atoms with Gasteiger partial charge in [0.2, 0.25) is 0 Å². The molecular formula is C18H21N3OS. The minimum absolute atomic E-state index is 0.0602. The van der Waals surface area contributed by atoms with Crippen molar-refractivity contribution in [2.24, 2.45) is 11.7 Å². The SMILES string of the molecule is NC[C@@H]1CN(C(=O)c2csc(C3CC3)n2)C[C@H]1c1ccccc1. The summed E-state index contributed by atoms with van der Waals surface area (Å²) < 4.78 is 0. The predicted octanol–water partition coefficient (Wildman–Crippen LogP) is 2.84. The highest BCUT2D eigenvalue weighted by atomic mass is 32.1. The summed E-state index contributed by atoms with van der Waals surface area (Å²) in [7, 11) is 0. The van der Waals surface area contributed by atoms with Crippen LogP contribution >= 0.6 is 11.3 Å². The van der Waals surface area contributed by atoms with Crippen LogP contribution in [0, 0.1) is 5.92 Å². The zero-order chi connectivity index (χ0) is 15.8. The van der Waals surface area contributed by atoms with Crippen molar-refractivity contribution in [3.8, 4) is 0 Å². The van der Waals surface area contributed by atoms with Crippen molar-refractivity contribution in [1.29, 1.82) is 0 Å². The molecular weight excluding hydrogens is 306 g/mol. The molecule has 1 aliphatic carbocycles. The number of hydrogen-bond acceptors (Lipinski definition) is 4. The molecule has 0 unspecified atom stereocenters. The van der Waals surface area contributed by atoms with Crippen molar-refractivity contribution in [2.75, 3.05) is 19.6 Å². The second kappa shape index (κ2) is 6.06. The molecule has 0 bridgehead atoms. The molecule has 1 aliphatic heterocycles. The number of rotatable bonds is 4. The van der Waals surface area contributed by atoms with E-state index in [1.165, 1.54) is 18.4 Å². The highest BCUT2D eigenvalue weighted by molar-refractivity contribution is 7.10. The molecule has 1 saturated heterocycles. The average molecular weight is 327 g/mol. The number of hydrogen-bond donors (Lipinski definition) is 1. The van der Waals surface area contributed by atoms with Crippen LogP contribution in [0.1, 0.15) is 45.7 Å². The molecule has 0 spiro atoms. The quantitative estimate of drug-likeness (QED) is 0.939. The molecule has 23 heavy (non-hydrogen) atoms. The maximum atomic E-state index is 12.8. The molecule has 2 atom stereocenters. The van der Waals surface area contributed by atoms with Crippen molar-refractivity contribution in [3.05, 3.63) is 52.0 Å². The maximum absolute atomic E-state index is 12.8. The van der Waals surface area contributed by atoms with Gasteiger partial charge >= 0.3 is 0 Å². The van der Waals surface area contributed by atoms with Gasteiger partial charge < -0.3 is 10.6 Å². The Balaban J connectivity index is 1.51. The first-order valence-corrected chi connectivity index (χ1v) is 9.14. The van der Waals surface area contributed by atoms with Crippen LogP contribution in [0.4, 0.5) is 0 Å². The van der Waals surface area contributed by atoms with Gasteiger partial charge in [0.15, 0.2) is 0 Å². The molecule has 1 amide bonds. The smallest absolute Gasteiger partial charge is 0.273 e. The van der Waals surface area contributed by atoms with Crippen molar-refractivity contribution in [3.63, 3.8) is 0 Å². The summed E-state index contributed by atoms with van der Waals surface area (Å²) in [6.07, 6.45) is 2.44. The largest absolute Gasteiger partial charge is 0.336 e. The summed E-state index contributed by atoms with van der Waals surface area (Å²) >= 11 is 1.63. The van der Waals surface area contributed by atoms with Crippen LogP contribution in [0.15, 0.2) is 35.7 Å². The molecule has 0 radical (unpaired) electrons. The molecule has 4 rings (SSSR count). The van der Waals surface area contributed by atoms with Gasteiger partial charge in [0, 0.05) is 30.3 Å². The zero-order valence-corrected chi connectivity index (χ0v) is 13.8. The fraction of sp³-hybridized carbons (Fsp3) is 0.444. The molecule has 1 saturated carbocycles. The van der Waals surface area contributed by atoms with Gasteiger partial charge in [0.25, 0.3) is 5.91 Å². The Kier molecular flexibility index (Phi) is 3.91. The van der Waals surface area contributed by atoms with Gasteiger partial charge in [-0.3, -0.25) is 4.79 Å². The van der Waals surface area contributed by atoms with E-state index in [-0.39, 0.29) is 5.91 Å². The first-order chi connectivity index (χ1) is 11.3. The molecule has 2 aliphatic rings. The average Bonchev–Trinajstić information content (AvgIpc) is 3.17. The third kappa shape index (κ3) is 2.91. The summed E-state index contributed by atoms with van der Waals surface area (Å²) in [6.45, 7) is 2.07. The van der Waals surface area contributed by atoms with Gasteiger partial charge in [0.05, 0.1) is 5.01 Å². The van der Waals surface area contributed by atoms with Crippen molar-refractivity contribution >= 4 is 17.2 Å². The lowest BCUT2D eigenvalue weighted by atomic mass is 9.89. The Morgan fingerprint density at radius 1 is 1.26 bits per heavy atom. The summed E-state index contributed by atoms with van der Waals surface area (Å²) in [5, 5.41) is 3.05. The van der Waals surface area contributed by atoms with Gasteiger partial charge in [-0.1, -0.05) is 30.3 Å². The minimum Gasteiger partial charge on any atom is -0.336 e. The van der Waals surface area contributed by atoms with Crippen LogP contribution in [0.2, 0.25) is 0 Å². The van der Waals surface area contributed by atoms with Gasteiger partial charge in [-0.2, -0.15) is 0 Å². The van der Waals surface area contributed by atoms with E-state index in [9.17, 15) is 4.79 Å². The summed E-state index contributed by atoms with van der Waals surface area (Å²) in [4.78, 5) is 19.3. The summed E-state index contributed by atoms with van der Waals surface area (Å²) in [5.41, 5.74) is 7.85. The normalized spacial score (nSPS) is 24.1. The lowest BCUT2D eigenvalue weighted by molar-refractivity contribution is 0.0781. The Morgan fingerprint density at radius 3 is 2.74 bits per heavy atom. The number of thiazole rings is 1. The van der Waals surface area contributed by atoms with Gasteiger partial charge in [-0.25, -0.2) is 4.98 Å². The molecule has 2 aromatic rings. The maximum Gasteiger partial charge on any atom is 0.273 e. The van der Waals surface area contributed by atoms with E-state index in [4.69, 9.17) is 5.73 Å². The highest BCUT2D eigenvalue weighted by Crippen LogP contribution is 2.41. The second-order valence-corrected chi connectivity index (χ2v) is 7.46. The Labute approximate surface area is 140 Å². The first kappa shape index (κ1) is 14.8. The molecule has 4 nitrogen and oxygen atoms in total. The standard InChI is InChI=1S/C18H21N3OS/c19-8-14-9-21(10-15(14)12-4-2-1-3-5-12)18(22)16-11-23-17(20-16)13-6-7-13/h1-5,11,13-15H,6-10,19H2/t14-,15+/m1/s1. The summed E-state index contributed by atoms with van der Waals surface area (Å²) in [6, 6.07) is 10.4. The lowest BCUT2D eigenvalue weighted by Crippen LogP contribution is -2.30. The number of amides is 1. The van der Waals surface area contributed by atoms with E-state index >= 15 is 0 Å². The number of carbonyl (C=O) groups is 1. The van der Waals surface area contributed by atoms with Crippen LogP contribution < -0.4 is 5.73 Å². The fourth-order valence-corrected chi connectivity index (χ4v) is 4.38. The van der Waals surface area contributed by atoms with Gasteiger partial charge in [0.1, 0.15) is 5.69 Å². The van der Waals surface area contributed by atoms with Gasteiger partial charge in [-0.05, 0) is 30.9 Å².